The first-order chi connectivity index (χ1) is 18.6. The summed E-state index contributed by atoms with van der Waals surface area (Å²) in [6.45, 7) is 7.60. The highest BCUT2D eigenvalue weighted by molar-refractivity contribution is 5.90. The van der Waals surface area contributed by atoms with Crippen molar-refractivity contribution >= 4 is 34.4 Å². The Labute approximate surface area is 223 Å². The van der Waals surface area contributed by atoms with Gasteiger partial charge in [0.25, 0.3) is 0 Å². The van der Waals surface area contributed by atoms with Gasteiger partial charge in [-0.05, 0) is 48.4 Å². The topological polar surface area (TPSA) is 92.2 Å². The Morgan fingerprint density at radius 1 is 1.16 bits per heavy atom. The second-order valence-electron chi connectivity index (χ2n) is 9.40. The summed E-state index contributed by atoms with van der Waals surface area (Å²) in [4.78, 5) is 7.53. The fourth-order valence-electron chi connectivity index (χ4n) is 4.71. The molecule has 5 rings (SSSR count). The summed E-state index contributed by atoms with van der Waals surface area (Å²) in [6, 6.07) is 16.4. The summed E-state index contributed by atoms with van der Waals surface area (Å²) >= 11 is 0. The number of ether oxygens (including phenoxy) is 1. The molecule has 3 N–H and O–H groups in total. The summed E-state index contributed by atoms with van der Waals surface area (Å²) in [5.74, 6) is 0.832. The lowest BCUT2D eigenvalue weighted by molar-refractivity contribution is -0.0182. The van der Waals surface area contributed by atoms with Crippen LogP contribution in [0.4, 0.5) is 11.4 Å². The molecule has 1 aliphatic rings. The number of hydrazine groups is 1. The number of rotatable bonds is 9. The molecule has 0 saturated carbocycles. The maximum atomic E-state index is 9.77. The molecule has 1 fully saturated rings. The van der Waals surface area contributed by atoms with Crippen molar-refractivity contribution in [3.63, 3.8) is 0 Å². The van der Waals surface area contributed by atoms with Gasteiger partial charge in [-0.1, -0.05) is 24.3 Å². The molecule has 2 aromatic heterocycles. The highest BCUT2D eigenvalue weighted by Gasteiger charge is 2.14. The molecule has 0 spiro atoms. The van der Waals surface area contributed by atoms with Gasteiger partial charge in [0, 0.05) is 80.5 Å². The number of nitrogens with zero attached hydrogens (tertiary/aromatic N) is 4. The van der Waals surface area contributed by atoms with Gasteiger partial charge in [0.2, 0.25) is 0 Å². The lowest BCUT2D eigenvalue weighted by Crippen LogP contribution is -2.51. The zero-order valence-corrected chi connectivity index (χ0v) is 21.9. The zero-order chi connectivity index (χ0) is 26.3. The van der Waals surface area contributed by atoms with Gasteiger partial charge in [-0.25, -0.2) is 10.0 Å². The molecule has 38 heavy (non-hydrogen) atoms. The number of aryl methyl sites for hydroxylation is 1. The van der Waals surface area contributed by atoms with Crippen molar-refractivity contribution in [1.82, 2.24) is 25.3 Å². The third-order valence-corrected chi connectivity index (χ3v) is 6.93. The fourth-order valence-corrected chi connectivity index (χ4v) is 4.71. The second-order valence-corrected chi connectivity index (χ2v) is 9.40. The zero-order valence-electron chi connectivity index (χ0n) is 21.9. The smallest absolute Gasteiger partial charge is 0.119 e. The van der Waals surface area contributed by atoms with Gasteiger partial charge < -0.3 is 20.4 Å². The number of piperazine rings is 1. The van der Waals surface area contributed by atoms with Gasteiger partial charge in [0.1, 0.15) is 18.4 Å². The van der Waals surface area contributed by atoms with Crippen molar-refractivity contribution in [2.24, 2.45) is 0 Å². The summed E-state index contributed by atoms with van der Waals surface area (Å²) in [6.07, 6.45) is 9.31. The van der Waals surface area contributed by atoms with Crippen molar-refractivity contribution in [3.8, 4) is 11.8 Å². The summed E-state index contributed by atoms with van der Waals surface area (Å²) in [5.41, 5.74) is 6.23. The van der Waals surface area contributed by atoms with E-state index in [4.69, 9.17) is 4.74 Å². The van der Waals surface area contributed by atoms with Crippen LogP contribution in [-0.4, -0.2) is 66.4 Å². The van der Waals surface area contributed by atoms with E-state index in [0.717, 1.165) is 77.4 Å². The monoisotopic (exact) mass is 507 g/mol. The Kier molecular flexibility index (Phi) is 8.00. The molecule has 1 aliphatic heterocycles. The van der Waals surface area contributed by atoms with Crippen LogP contribution in [0.5, 0.6) is 5.75 Å². The number of hydrogen-bond donors (Lipinski definition) is 3. The van der Waals surface area contributed by atoms with Crippen LogP contribution in [0.3, 0.4) is 0 Å². The minimum absolute atomic E-state index is 0.492. The van der Waals surface area contributed by atoms with Gasteiger partial charge in [0.15, 0.2) is 0 Å². The Balaban J connectivity index is 1.29. The first-order valence-electron chi connectivity index (χ1n) is 12.9. The molecule has 8 nitrogen and oxygen atoms in total. The Morgan fingerprint density at radius 2 is 2.03 bits per heavy atom. The van der Waals surface area contributed by atoms with Gasteiger partial charge in [-0.2, -0.15) is 5.26 Å². The second kappa shape index (κ2) is 11.9. The summed E-state index contributed by atoms with van der Waals surface area (Å²) < 4.78 is 6.05. The summed E-state index contributed by atoms with van der Waals surface area (Å²) in [5, 5.41) is 22.4. The molecule has 0 radical (unpaired) electrons. The van der Waals surface area contributed by atoms with Crippen LogP contribution in [0, 0.1) is 18.3 Å². The number of benzene rings is 2. The first kappa shape index (κ1) is 25.5. The van der Waals surface area contributed by atoms with Crippen LogP contribution in [0.25, 0.3) is 23.1 Å². The molecule has 194 valence electrons. The minimum atomic E-state index is 0.492. The van der Waals surface area contributed by atoms with E-state index in [9.17, 15) is 5.26 Å². The molecule has 1 saturated heterocycles. The third-order valence-electron chi connectivity index (χ3n) is 6.93. The molecule has 3 heterocycles. The van der Waals surface area contributed by atoms with Gasteiger partial charge in [-0.3, -0.25) is 4.98 Å². The average Bonchev–Trinajstić information content (AvgIpc) is 3.44. The lowest BCUT2D eigenvalue weighted by Gasteiger charge is -2.35. The SMILES string of the molecule is Cc1c(Nc2c(C#N)cncc2/C=C/c2cccc(OCCN(C)N3CCNCC3)c2)ccc2[nH]ccc12. The molecule has 0 unspecified atom stereocenters. The van der Waals surface area contributed by atoms with Crippen molar-refractivity contribution in [1.29, 1.82) is 5.26 Å². The van der Waals surface area contributed by atoms with Crippen molar-refractivity contribution in [3.05, 3.63) is 83.3 Å². The maximum Gasteiger partial charge on any atom is 0.119 e. The number of nitrogens with one attached hydrogen (secondary N) is 3. The first-order valence-corrected chi connectivity index (χ1v) is 12.9. The van der Waals surface area contributed by atoms with Crippen LogP contribution in [-0.2, 0) is 0 Å². The molecule has 2 aromatic carbocycles. The number of aromatic amines is 1. The number of hydrogen-bond acceptors (Lipinski definition) is 7. The van der Waals surface area contributed by atoms with Gasteiger partial charge in [0.05, 0.1) is 11.3 Å². The standard InChI is InChI=1S/C30H33N7O/c1-22-27-10-11-34-29(27)9-8-28(22)35-30-24(20-33-21-25(30)19-31)7-6-23-4-3-5-26(18-23)38-17-16-36(2)37-14-12-32-13-15-37/h3-11,18,20-21,32,34H,12-17H2,1-2H3,(H,33,35)/b7-6+. The van der Waals surface area contributed by atoms with E-state index in [1.807, 2.05) is 54.7 Å². The molecule has 4 aromatic rings. The average molecular weight is 508 g/mol. The van der Waals surface area contributed by atoms with Crippen molar-refractivity contribution in [2.45, 2.75) is 6.92 Å². The normalized spacial score (nSPS) is 14.3. The number of anilines is 2. The quantitative estimate of drug-likeness (QED) is 0.300. The predicted octanol–water partition coefficient (Wildman–Crippen LogP) is 4.79. The van der Waals surface area contributed by atoms with E-state index in [1.165, 1.54) is 0 Å². The molecule has 0 amide bonds. The van der Waals surface area contributed by atoms with E-state index in [-0.39, 0.29) is 0 Å². The fraction of sp³-hybridized carbons (Fsp3) is 0.267. The Morgan fingerprint density at radius 3 is 2.87 bits per heavy atom. The third kappa shape index (κ3) is 5.87. The van der Waals surface area contributed by atoms with E-state index in [1.54, 1.807) is 12.4 Å². The number of likely N-dealkylation sites (N-methyl/N-ethyl adjacent to an activating group) is 1. The highest BCUT2D eigenvalue weighted by Crippen LogP contribution is 2.31. The molecule has 0 bridgehead atoms. The predicted molar refractivity (Wildman–Crippen MR) is 153 cm³/mol. The highest BCUT2D eigenvalue weighted by atomic mass is 16.5. The van der Waals surface area contributed by atoms with Gasteiger partial charge >= 0.3 is 0 Å². The van der Waals surface area contributed by atoms with Crippen LogP contribution in [0.15, 0.2) is 61.1 Å². The largest absolute Gasteiger partial charge is 0.492 e. The number of H-pyrrole nitrogens is 1. The molecule has 0 aliphatic carbocycles. The summed E-state index contributed by atoms with van der Waals surface area (Å²) in [7, 11) is 2.11. The molecule has 0 atom stereocenters. The van der Waals surface area contributed by atoms with Crippen molar-refractivity contribution in [2.75, 3.05) is 51.7 Å². The molecule has 8 heteroatoms. The van der Waals surface area contributed by atoms with E-state index < -0.39 is 0 Å². The maximum absolute atomic E-state index is 9.77. The Bertz CT molecular complexity index is 1460. The molecular formula is C30H33N7O. The van der Waals surface area contributed by atoms with E-state index in [2.05, 4.69) is 56.7 Å². The van der Waals surface area contributed by atoms with E-state index in [0.29, 0.717) is 12.2 Å². The number of aromatic nitrogens is 2. The van der Waals surface area contributed by atoms with Crippen LogP contribution < -0.4 is 15.4 Å². The van der Waals surface area contributed by atoms with Crippen LogP contribution in [0.2, 0.25) is 0 Å². The number of pyridine rings is 1. The Hall–Kier alpha value is -4.16. The lowest BCUT2D eigenvalue weighted by atomic mass is 10.1. The van der Waals surface area contributed by atoms with Crippen molar-refractivity contribution < 1.29 is 4.74 Å². The minimum Gasteiger partial charge on any atom is -0.492 e. The van der Waals surface area contributed by atoms with Crippen LogP contribution in [0.1, 0.15) is 22.3 Å². The molecular weight excluding hydrogens is 474 g/mol. The number of nitriles is 1. The van der Waals surface area contributed by atoms with Crippen LogP contribution >= 0.6 is 0 Å². The van der Waals surface area contributed by atoms with Gasteiger partial charge in [-0.15, -0.1) is 0 Å². The number of fused-ring (bicyclic) bond motifs is 1. The van der Waals surface area contributed by atoms with E-state index >= 15 is 0 Å².